The van der Waals surface area contributed by atoms with Gasteiger partial charge < -0.3 is 18.9 Å². The highest BCUT2D eigenvalue weighted by molar-refractivity contribution is 5.88. The van der Waals surface area contributed by atoms with E-state index in [0.29, 0.717) is 0 Å². The molecule has 0 amide bonds. The van der Waals surface area contributed by atoms with E-state index in [1.54, 1.807) is 0 Å². The zero-order chi connectivity index (χ0) is 18.8. The van der Waals surface area contributed by atoms with Crippen molar-refractivity contribution in [2.45, 2.75) is 30.6 Å². The minimum absolute atomic E-state index is 0.235. The molecule has 2 aliphatic heterocycles. The molecule has 0 aromatic carbocycles. The summed E-state index contributed by atoms with van der Waals surface area (Å²) in [4.78, 5) is 58.8. The van der Waals surface area contributed by atoms with Crippen LogP contribution in [0.15, 0.2) is 0 Å². The van der Waals surface area contributed by atoms with Crippen LogP contribution in [-0.2, 0) is 47.8 Å². The van der Waals surface area contributed by atoms with E-state index in [9.17, 15) is 19.2 Å². The first-order valence-electron chi connectivity index (χ1n) is 7.30. The standard InChI is InChI=1S/C14H19NO10/c1-20-9(16)5-7-10(12(18)22-3)25-15-14(7,13(19)23-4)6-8(24-15)11(17)21-2/h7-8,10H,5-6H2,1-4H3/t7-,8+,10-,14-/m1/s1. The number of fused-ring (bicyclic) bond motifs is 1. The largest absolute Gasteiger partial charge is 0.469 e. The van der Waals surface area contributed by atoms with E-state index in [0.717, 1.165) is 33.7 Å². The van der Waals surface area contributed by atoms with Gasteiger partial charge >= 0.3 is 23.9 Å². The number of carbonyl (C=O) groups excluding carboxylic acids is 4. The first kappa shape index (κ1) is 19.1. The highest BCUT2D eigenvalue weighted by Crippen LogP contribution is 2.49. The number of hydrogen-bond donors (Lipinski definition) is 0. The van der Waals surface area contributed by atoms with Crippen LogP contribution in [0.1, 0.15) is 12.8 Å². The highest BCUT2D eigenvalue weighted by Gasteiger charge is 2.70. The van der Waals surface area contributed by atoms with E-state index in [4.69, 9.17) is 14.4 Å². The molecule has 0 aromatic rings. The van der Waals surface area contributed by atoms with Crippen molar-refractivity contribution in [2.24, 2.45) is 5.92 Å². The van der Waals surface area contributed by atoms with Gasteiger partial charge in [-0.1, -0.05) is 0 Å². The maximum Gasteiger partial charge on any atom is 0.337 e. The third-order valence-corrected chi connectivity index (χ3v) is 4.28. The van der Waals surface area contributed by atoms with Crippen molar-refractivity contribution in [3.63, 3.8) is 0 Å². The molecule has 2 fully saturated rings. The lowest BCUT2D eigenvalue weighted by Gasteiger charge is -2.29. The summed E-state index contributed by atoms with van der Waals surface area (Å²) in [5, 5.41) is 0.732. The molecule has 0 unspecified atom stereocenters. The first-order chi connectivity index (χ1) is 11.8. The molecule has 2 heterocycles. The fourth-order valence-corrected chi connectivity index (χ4v) is 3.04. The number of ether oxygens (including phenoxy) is 4. The summed E-state index contributed by atoms with van der Waals surface area (Å²) in [5.41, 5.74) is -1.71. The van der Waals surface area contributed by atoms with Crippen LogP contribution in [0.3, 0.4) is 0 Å². The molecule has 140 valence electrons. The van der Waals surface area contributed by atoms with E-state index >= 15 is 0 Å². The number of nitrogens with zero attached hydrogens (tertiary/aromatic N) is 1. The molecular formula is C14H19NO10. The molecular weight excluding hydrogens is 342 g/mol. The van der Waals surface area contributed by atoms with Gasteiger partial charge in [0.25, 0.3) is 0 Å². The Morgan fingerprint density at radius 1 is 0.960 bits per heavy atom. The number of esters is 4. The topological polar surface area (TPSA) is 127 Å². The molecule has 2 aliphatic rings. The number of hydrogen-bond acceptors (Lipinski definition) is 11. The van der Waals surface area contributed by atoms with Gasteiger partial charge in [-0.25, -0.2) is 14.4 Å². The highest BCUT2D eigenvalue weighted by atomic mass is 17.0. The van der Waals surface area contributed by atoms with Crippen molar-refractivity contribution in [3.8, 4) is 0 Å². The average Bonchev–Trinajstić information content (AvgIpc) is 3.14. The molecule has 0 bridgehead atoms. The van der Waals surface area contributed by atoms with Gasteiger partial charge in [0.05, 0.1) is 34.9 Å². The van der Waals surface area contributed by atoms with Crippen molar-refractivity contribution < 1.29 is 47.8 Å². The van der Waals surface area contributed by atoms with E-state index in [1.807, 2.05) is 0 Å². The first-order valence-corrected chi connectivity index (χ1v) is 7.30. The molecule has 4 atom stereocenters. The van der Waals surface area contributed by atoms with Crippen molar-refractivity contribution in [3.05, 3.63) is 0 Å². The van der Waals surface area contributed by atoms with Crippen LogP contribution in [0.25, 0.3) is 0 Å². The van der Waals surface area contributed by atoms with Crippen LogP contribution in [-0.4, -0.2) is 75.3 Å². The zero-order valence-electron chi connectivity index (χ0n) is 14.2. The summed E-state index contributed by atoms with van der Waals surface area (Å²) < 4.78 is 18.7. The third-order valence-electron chi connectivity index (χ3n) is 4.28. The fraction of sp³-hybridized carbons (Fsp3) is 0.714. The van der Waals surface area contributed by atoms with Crippen molar-refractivity contribution in [1.82, 2.24) is 5.23 Å². The molecule has 25 heavy (non-hydrogen) atoms. The smallest absolute Gasteiger partial charge is 0.337 e. The van der Waals surface area contributed by atoms with Gasteiger partial charge in [0.2, 0.25) is 0 Å². The predicted molar refractivity (Wildman–Crippen MR) is 75.1 cm³/mol. The van der Waals surface area contributed by atoms with E-state index < -0.39 is 47.5 Å². The van der Waals surface area contributed by atoms with Crippen LogP contribution in [0, 0.1) is 5.92 Å². The van der Waals surface area contributed by atoms with E-state index in [2.05, 4.69) is 14.2 Å². The molecule has 0 aromatic heterocycles. The number of carbonyl (C=O) groups is 4. The molecule has 0 radical (unpaired) electrons. The SMILES string of the molecule is COC(=O)C[C@@H]1[C@H](C(=O)OC)ON2O[C@H](C(=O)OC)C[C@]12C(=O)OC. The summed E-state index contributed by atoms with van der Waals surface area (Å²) in [6, 6.07) is 0. The lowest BCUT2D eigenvalue weighted by atomic mass is 9.76. The molecule has 11 nitrogen and oxygen atoms in total. The molecule has 2 saturated heterocycles. The Morgan fingerprint density at radius 3 is 2.12 bits per heavy atom. The Balaban J connectivity index is 2.45. The summed E-state index contributed by atoms with van der Waals surface area (Å²) in [6.07, 6.45) is -3.08. The Bertz CT molecular complexity index is 578. The summed E-state index contributed by atoms with van der Waals surface area (Å²) >= 11 is 0. The minimum Gasteiger partial charge on any atom is -0.469 e. The monoisotopic (exact) mass is 361 g/mol. The summed E-state index contributed by atoms with van der Waals surface area (Å²) in [5.74, 6) is -4.14. The van der Waals surface area contributed by atoms with Gasteiger partial charge in [-0.2, -0.15) is 0 Å². The van der Waals surface area contributed by atoms with E-state index in [-0.39, 0.29) is 12.8 Å². The van der Waals surface area contributed by atoms with Crippen LogP contribution >= 0.6 is 0 Å². The second-order valence-electron chi connectivity index (χ2n) is 5.43. The Hall–Kier alpha value is -2.24. The van der Waals surface area contributed by atoms with Gasteiger partial charge in [0.1, 0.15) is 0 Å². The van der Waals surface area contributed by atoms with E-state index in [1.165, 1.54) is 0 Å². The van der Waals surface area contributed by atoms with Crippen molar-refractivity contribution in [1.29, 1.82) is 0 Å². The van der Waals surface area contributed by atoms with Gasteiger partial charge in [0, 0.05) is 12.3 Å². The van der Waals surface area contributed by atoms with Gasteiger partial charge in [0.15, 0.2) is 17.7 Å². The van der Waals surface area contributed by atoms with Gasteiger partial charge in [-0.3, -0.25) is 14.5 Å². The van der Waals surface area contributed by atoms with Crippen LogP contribution in [0.2, 0.25) is 0 Å². The normalized spacial score (nSPS) is 31.1. The second-order valence-corrected chi connectivity index (χ2v) is 5.43. The van der Waals surface area contributed by atoms with Crippen LogP contribution < -0.4 is 0 Å². The molecule has 0 saturated carbocycles. The average molecular weight is 361 g/mol. The number of hydroxylamine groups is 2. The molecule has 2 rings (SSSR count). The van der Waals surface area contributed by atoms with Gasteiger partial charge in [-0.05, 0) is 5.23 Å². The molecule has 11 heteroatoms. The quantitative estimate of drug-likeness (QED) is 0.430. The Morgan fingerprint density at radius 2 is 1.60 bits per heavy atom. The lowest BCUT2D eigenvalue weighted by Crippen LogP contribution is -2.52. The summed E-state index contributed by atoms with van der Waals surface area (Å²) in [7, 11) is 4.58. The number of methoxy groups -OCH3 is 4. The van der Waals surface area contributed by atoms with Crippen molar-refractivity contribution >= 4 is 23.9 Å². The summed E-state index contributed by atoms with van der Waals surface area (Å²) in [6.45, 7) is 0. The lowest BCUT2D eigenvalue weighted by molar-refractivity contribution is -0.362. The fourth-order valence-electron chi connectivity index (χ4n) is 3.04. The zero-order valence-corrected chi connectivity index (χ0v) is 14.2. The second kappa shape index (κ2) is 7.33. The van der Waals surface area contributed by atoms with Crippen LogP contribution in [0.5, 0.6) is 0 Å². The predicted octanol–water partition coefficient (Wildman–Crippen LogP) is -1.26. The Labute approximate surface area is 142 Å². The number of rotatable bonds is 5. The Kier molecular flexibility index (Phi) is 5.60. The maximum atomic E-state index is 12.5. The molecule has 0 spiro atoms. The third kappa shape index (κ3) is 3.05. The maximum absolute atomic E-state index is 12.5. The van der Waals surface area contributed by atoms with Crippen LogP contribution in [0.4, 0.5) is 0 Å². The van der Waals surface area contributed by atoms with Crippen molar-refractivity contribution in [2.75, 3.05) is 28.4 Å². The molecule has 0 aliphatic carbocycles. The van der Waals surface area contributed by atoms with Gasteiger partial charge in [-0.15, -0.1) is 0 Å². The minimum atomic E-state index is -1.71. The molecule has 0 N–H and O–H groups in total.